The Morgan fingerprint density at radius 3 is 1.05 bits per heavy atom. The summed E-state index contributed by atoms with van der Waals surface area (Å²) in [7, 11) is 8.10. The number of aliphatic hydroxyl groups excluding tert-OH is 3. The van der Waals surface area contributed by atoms with Gasteiger partial charge >= 0.3 is 0 Å². The van der Waals surface area contributed by atoms with Gasteiger partial charge in [-0.05, 0) is 320 Å². The molecule has 8 aliphatic carbocycles. The molecule has 11 rings (SSSR count). The van der Waals surface area contributed by atoms with Crippen molar-refractivity contribution in [2.45, 2.75) is 350 Å². The van der Waals surface area contributed by atoms with Crippen LogP contribution in [0.1, 0.15) is 293 Å². The number of likely N-dealkylation sites (tertiary alicyclic amines) is 1. The number of aliphatic hydroxyl groups is 11. The topological polar surface area (TPSA) is 340 Å². The molecule has 110 heavy (non-hydrogen) atoms. The molecule has 0 aromatic rings. The third-order valence-corrected chi connectivity index (χ3v) is 26.3. The van der Waals surface area contributed by atoms with Gasteiger partial charge in [0.1, 0.15) is 17.2 Å². The number of ether oxygens (including phenoxy) is 2. The molecule has 3 aliphatic heterocycles. The van der Waals surface area contributed by atoms with Crippen molar-refractivity contribution in [3.05, 3.63) is 0 Å². The van der Waals surface area contributed by atoms with E-state index in [1.54, 1.807) is 0 Å². The van der Waals surface area contributed by atoms with E-state index in [4.69, 9.17) is 25.4 Å². The molecule has 0 amide bonds. The lowest BCUT2D eigenvalue weighted by molar-refractivity contribution is -0.0568. The van der Waals surface area contributed by atoms with Gasteiger partial charge in [-0.2, -0.15) is 0 Å². The van der Waals surface area contributed by atoms with Crippen molar-refractivity contribution in [3.8, 4) is 0 Å². The summed E-state index contributed by atoms with van der Waals surface area (Å²) in [5, 5.41) is 124. The number of nitrogens with two attached hydrogens (primary N) is 1. The number of hydrogen-bond donors (Lipinski definition) is 17. The Balaban J connectivity index is 0.000000266. The minimum atomic E-state index is -0.699. The van der Waals surface area contributed by atoms with Crippen molar-refractivity contribution in [1.82, 2.24) is 46.2 Å². The largest absolute Gasteiger partial charge is 0.396 e. The first-order valence-corrected chi connectivity index (χ1v) is 44.9. The second-order valence-corrected chi connectivity index (χ2v) is 38.6. The monoisotopic (exact) mass is 1570 g/mol. The predicted molar refractivity (Wildman–Crippen MR) is 448 cm³/mol. The van der Waals surface area contributed by atoms with Crippen LogP contribution in [0.4, 0.5) is 0 Å². The number of β-amino-alcohol motifs (C(OH)–C–C–N with tert-alkyl or cyclic N) is 2. The normalized spacial score (nSPS) is 37.3. The fourth-order valence-corrected chi connectivity index (χ4v) is 17.6. The Morgan fingerprint density at radius 2 is 0.718 bits per heavy atom. The zero-order chi connectivity index (χ0) is 81.3. The molecular formula is C87H178N10O13. The van der Waals surface area contributed by atoms with E-state index in [9.17, 15) is 46.0 Å². The molecule has 0 bridgehead atoms. The van der Waals surface area contributed by atoms with Gasteiger partial charge in [-0.15, -0.1) is 0 Å². The van der Waals surface area contributed by atoms with E-state index in [-0.39, 0.29) is 19.3 Å². The summed E-state index contributed by atoms with van der Waals surface area (Å²) in [6.07, 6.45) is 38.1. The minimum absolute atomic E-state index is 0.0951. The molecule has 3 heterocycles. The van der Waals surface area contributed by atoms with Crippen LogP contribution in [0.2, 0.25) is 0 Å². The van der Waals surface area contributed by atoms with E-state index in [2.05, 4.69) is 102 Å². The second-order valence-electron chi connectivity index (χ2n) is 38.6. The van der Waals surface area contributed by atoms with Gasteiger partial charge in [0.2, 0.25) is 0 Å². The number of nitrogens with zero attached hydrogens (tertiary/aromatic N) is 4. The van der Waals surface area contributed by atoms with Gasteiger partial charge in [0, 0.05) is 105 Å². The first kappa shape index (κ1) is 101. The quantitative estimate of drug-likeness (QED) is 0.0317. The third kappa shape index (κ3) is 44.2. The molecule has 23 heteroatoms. The lowest BCUT2D eigenvalue weighted by atomic mass is 9.79. The lowest BCUT2D eigenvalue weighted by Gasteiger charge is -2.40. The molecule has 0 aromatic heterocycles. The van der Waals surface area contributed by atoms with E-state index in [1.165, 1.54) is 51.4 Å². The van der Waals surface area contributed by atoms with Crippen molar-refractivity contribution < 1.29 is 65.6 Å². The number of piperidine rings is 1. The highest BCUT2D eigenvalue weighted by molar-refractivity contribution is 4.93. The Bertz CT molecular complexity index is 2200. The highest BCUT2D eigenvalue weighted by atomic mass is 16.5. The highest BCUT2D eigenvalue weighted by Gasteiger charge is 2.39. The smallest absolute Gasteiger partial charge is 0.116 e. The molecule has 8 saturated carbocycles. The molecule has 3 saturated heterocycles. The van der Waals surface area contributed by atoms with Gasteiger partial charge in [0.05, 0.1) is 60.0 Å². The summed E-state index contributed by atoms with van der Waals surface area (Å²) in [5.74, 6) is 6.24. The van der Waals surface area contributed by atoms with Crippen LogP contribution in [0.3, 0.4) is 0 Å². The van der Waals surface area contributed by atoms with Gasteiger partial charge < -0.3 is 91.8 Å². The van der Waals surface area contributed by atoms with Crippen molar-refractivity contribution in [3.63, 3.8) is 0 Å². The molecule has 0 aromatic carbocycles. The van der Waals surface area contributed by atoms with Crippen LogP contribution < -0.4 is 32.3 Å². The number of hydrogen-bond acceptors (Lipinski definition) is 23. The second kappa shape index (κ2) is 52.9. The van der Waals surface area contributed by atoms with E-state index in [1.807, 2.05) is 28.2 Å². The van der Waals surface area contributed by atoms with E-state index in [0.29, 0.717) is 32.3 Å². The van der Waals surface area contributed by atoms with Crippen LogP contribution in [0, 0.1) is 47.3 Å². The Morgan fingerprint density at radius 1 is 0.382 bits per heavy atom. The molecule has 11 fully saturated rings. The Labute approximate surface area is 671 Å². The van der Waals surface area contributed by atoms with Gasteiger partial charge in [0.25, 0.3) is 0 Å². The van der Waals surface area contributed by atoms with Crippen LogP contribution >= 0.6 is 0 Å². The van der Waals surface area contributed by atoms with E-state index in [0.717, 1.165) is 325 Å². The van der Waals surface area contributed by atoms with Crippen molar-refractivity contribution in [2.75, 3.05) is 160 Å². The SMILES string of the molecule is CC1CCC(O)(CN(C)C)CC1.CC1CCC(O)(CN2CCC(O)CC2)CC1.CC1CCC(O)(CN2CCOCC2)CC1.CC1CCC(O)(CNCC2CCCO2)CC1.CC1CCC(O)(CNCN(C)C)CC1.CC1CCC(O)(NCCCO)CC1.CC1CCC(O)(NCCN)CC1.CC1CCC(O)(NCCO)CC1. The molecular weight excluding hydrogens is 1390 g/mol. The van der Waals surface area contributed by atoms with E-state index < -0.39 is 45.2 Å². The molecule has 0 radical (unpaired) electrons. The summed E-state index contributed by atoms with van der Waals surface area (Å²) in [5.41, 5.74) is 1.24. The van der Waals surface area contributed by atoms with Gasteiger partial charge in [-0.25, -0.2) is 0 Å². The van der Waals surface area contributed by atoms with Crippen molar-refractivity contribution >= 4 is 0 Å². The standard InChI is InChI=1S/2C13H25NO2.C12H23NO2.C11H24N2O.C10H21NO2.C10H21NO.C9H20N2O.C9H19NO2/c1-11-2-6-13(16,7-3-11)10-14-8-4-12(15)5-9-14;1-11-4-6-13(15,7-5-11)10-14-9-12-3-2-8-16-12;1-11-2-4-12(14,5-3-11)10-13-6-8-15-9-7-13;1-10-4-6-11(14,7-5-10)8-12-9-13(2)3;1-9-3-5-10(13,6-4-9)11-7-2-8-12;1-9-4-6-10(12,7-5-9)8-11(2)3;1-8-2-4-9(12,5-3-8)11-7-6-10;1-8-2-4-9(12,5-3-8)10-6-7-11/h11-12,15-16H,2-10H2,1H3;11-12,14-15H,2-10H2,1H3;11,14H,2-10H2,1H3;10,12,14H,4-9H2,1-3H3;9,11-13H,2-8H2,1H3;9,12H,4-8H2,1-3H3;8,11-12H,2-7,10H2,1H3;8,10-12H,2-7H2,1H3. The maximum Gasteiger partial charge on any atom is 0.116 e. The average molecular weight is 1570 g/mol. The summed E-state index contributed by atoms with van der Waals surface area (Å²) in [4.78, 5) is 8.83. The predicted octanol–water partition coefficient (Wildman–Crippen LogP) is 8.62. The summed E-state index contributed by atoms with van der Waals surface area (Å²) >= 11 is 0. The maximum absolute atomic E-state index is 10.5. The van der Waals surface area contributed by atoms with Crippen LogP contribution in [0.15, 0.2) is 0 Å². The number of nitrogens with one attached hydrogen (secondary N) is 5. The Hall–Kier alpha value is -0.920. The molecule has 23 nitrogen and oxygen atoms in total. The zero-order valence-corrected chi connectivity index (χ0v) is 72.7. The fourth-order valence-electron chi connectivity index (χ4n) is 17.6. The lowest BCUT2D eigenvalue weighted by Crippen LogP contribution is -2.49. The summed E-state index contributed by atoms with van der Waals surface area (Å²) in [6, 6.07) is 0. The molecule has 1 unspecified atom stereocenters. The fraction of sp³-hybridized carbons (Fsp3) is 1.00. The number of rotatable bonds is 24. The molecule has 1 atom stereocenters. The number of likely N-dealkylation sites (N-methyl/N-ethyl adjacent to an activating group) is 1. The average Bonchev–Trinajstić information content (AvgIpc) is 0.888. The zero-order valence-electron chi connectivity index (χ0n) is 72.7. The minimum Gasteiger partial charge on any atom is -0.396 e. The van der Waals surface area contributed by atoms with Crippen LogP contribution in [-0.2, 0) is 9.47 Å². The van der Waals surface area contributed by atoms with Gasteiger partial charge in [-0.1, -0.05) is 55.4 Å². The number of morpholine rings is 1. The molecule has 0 spiro atoms. The highest BCUT2D eigenvalue weighted by Crippen LogP contribution is 2.38. The maximum atomic E-state index is 10.5. The van der Waals surface area contributed by atoms with Crippen LogP contribution in [0.5, 0.6) is 0 Å². The molecule has 11 aliphatic rings. The van der Waals surface area contributed by atoms with Crippen LogP contribution in [-0.4, -0.2) is 293 Å². The molecule has 18 N–H and O–H groups in total. The first-order valence-electron chi connectivity index (χ1n) is 44.9. The van der Waals surface area contributed by atoms with Crippen molar-refractivity contribution in [2.24, 2.45) is 53.1 Å². The van der Waals surface area contributed by atoms with Gasteiger partial charge in [0.15, 0.2) is 0 Å². The third-order valence-electron chi connectivity index (χ3n) is 26.3. The van der Waals surface area contributed by atoms with Crippen LogP contribution in [0.25, 0.3) is 0 Å². The summed E-state index contributed by atoms with van der Waals surface area (Å²) in [6.45, 7) is 33.0. The Kier molecular flexibility index (Phi) is 48.8. The van der Waals surface area contributed by atoms with Crippen molar-refractivity contribution in [1.29, 1.82) is 0 Å². The summed E-state index contributed by atoms with van der Waals surface area (Å²) < 4.78 is 10.9. The van der Waals surface area contributed by atoms with Gasteiger partial charge in [-0.3, -0.25) is 25.8 Å². The van der Waals surface area contributed by atoms with E-state index >= 15 is 0 Å². The molecule has 654 valence electrons. The first-order chi connectivity index (χ1) is 52.0.